The van der Waals surface area contributed by atoms with Gasteiger partial charge in [-0.25, -0.2) is 4.57 Å². The Kier molecular flexibility index (Phi) is 22.4. The molecule has 0 aromatic rings. The van der Waals surface area contributed by atoms with Gasteiger partial charge in [0.2, 0.25) is 0 Å². The van der Waals surface area contributed by atoms with E-state index >= 15 is 0 Å². The molecule has 0 spiro atoms. The fraction of sp³-hybridized carbons (Fsp3) is 0.600. The van der Waals surface area contributed by atoms with Gasteiger partial charge in [0.15, 0.2) is 0 Å². The third-order valence-corrected chi connectivity index (χ3v) is 0.962. The second-order valence-corrected chi connectivity index (χ2v) is 3.38. The van der Waals surface area contributed by atoms with Crippen molar-refractivity contribution in [1.82, 2.24) is 0 Å². The van der Waals surface area contributed by atoms with E-state index < -0.39 is 25.8 Å². The van der Waals surface area contributed by atoms with Gasteiger partial charge in [-0.05, 0) is 12.8 Å². The maximum atomic E-state index is 9.86. The molecule has 1 unspecified atom stereocenters. The largest absolute Gasteiger partial charge is 1.00 e. The van der Waals surface area contributed by atoms with Crippen LogP contribution in [0.4, 0.5) is 0 Å². The zero-order valence-corrected chi connectivity index (χ0v) is 15.4. The molecule has 90 valence electrons. The monoisotopic (exact) mass is 305 g/mol. The molecule has 0 aliphatic rings. The van der Waals surface area contributed by atoms with Gasteiger partial charge in [0, 0.05) is 12.0 Å². The molecule has 0 heterocycles. The zero-order valence-electron chi connectivity index (χ0n) is 9.40. The molecule has 0 amide bonds. The van der Waals surface area contributed by atoms with Gasteiger partial charge in [0.05, 0.1) is 5.97 Å². The predicted octanol–water partition coefficient (Wildman–Crippen LogP) is -10.3. The molecule has 12 heteroatoms. The molecule has 0 aromatic heterocycles. The third-order valence-electron chi connectivity index (χ3n) is 0.962. The summed E-state index contributed by atoms with van der Waals surface area (Å²) in [6, 6.07) is -1.21. The summed E-state index contributed by atoms with van der Waals surface area (Å²) in [6.07, 6.45) is -0.500. The number of carboxylic acid groups (broad SMARTS) is 2. The van der Waals surface area contributed by atoms with E-state index in [1.165, 1.54) is 0 Å². The van der Waals surface area contributed by atoms with Crippen LogP contribution in [0.15, 0.2) is 0 Å². The van der Waals surface area contributed by atoms with E-state index in [1.807, 2.05) is 0 Å². The van der Waals surface area contributed by atoms with Gasteiger partial charge in [0.25, 0.3) is 0 Å². The Morgan fingerprint density at radius 2 is 1.53 bits per heavy atom. The third kappa shape index (κ3) is 38.1. The van der Waals surface area contributed by atoms with Gasteiger partial charge < -0.3 is 40.2 Å². The minimum Gasteiger partial charge on any atom is -0.550 e. The SMILES string of the molecule is NC(CCC(=O)[O-])C(=O)[O-].O=P(O)(O)O.[K+].[Na+]. The van der Waals surface area contributed by atoms with Crippen molar-refractivity contribution in [3.05, 3.63) is 0 Å². The average molecular weight is 305 g/mol. The number of carboxylic acids is 2. The number of carbonyl (C=O) groups excluding carboxylic acids is 2. The van der Waals surface area contributed by atoms with E-state index in [9.17, 15) is 19.8 Å². The van der Waals surface area contributed by atoms with E-state index in [0.29, 0.717) is 0 Å². The molecule has 0 aromatic carbocycles. The van der Waals surface area contributed by atoms with Crippen LogP contribution in [0.5, 0.6) is 0 Å². The summed E-state index contributed by atoms with van der Waals surface area (Å²) in [4.78, 5) is 41.2. The Bertz CT molecular complexity index is 262. The summed E-state index contributed by atoms with van der Waals surface area (Å²) in [7, 11) is -4.64. The minimum absolute atomic E-state index is 0. The van der Waals surface area contributed by atoms with Crippen molar-refractivity contribution >= 4 is 19.8 Å². The molecule has 1 atom stereocenters. The summed E-state index contributed by atoms with van der Waals surface area (Å²) in [5.41, 5.74) is 4.91. The molecule has 17 heavy (non-hydrogen) atoms. The van der Waals surface area contributed by atoms with Crippen molar-refractivity contribution in [2.75, 3.05) is 0 Å². The van der Waals surface area contributed by atoms with Crippen molar-refractivity contribution < 1.29 is 120 Å². The maximum absolute atomic E-state index is 9.86. The Labute approximate surface area is 162 Å². The van der Waals surface area contributed by atoms with E-state index in [4.69, 9.17) is 25.0 Å². The van der Waals surface area contributed by atoms with E-state index in [-0.39, 0.29) is 93.8 Å². The average Bonchev–Trinajstić information content (AvgIpc) is 1.96. The standard InChI is InChI=1S/C5H9NO4.K.Na.H3O4P/c6-3(5(9)10)1-2-4(7)8;;;1-5(2,3)4/h3H,1-2,6H2,(H,7,8)(H,9,10);;;(H3,1,2,3,4)/q;2*+1;/p-2. The maximum Gasteiger partial charge on any atom is 1.00 e. The number of carbonyl (C=O) groups is 2. The first-order valence-corrected chi connectivity index (χ1v) is 5.05. The van der Waals surface area contributed by atoms with Gasteiger partial charge in [-0.3, -0.25) is 0 Å². The molecule has 0 fully saturated rings. The Morgan fingerprint density at radius 3 is 1.71 bits per heavy atom. The van der Waals surface area contributed by atoms with Crippen molar-refractivity contribution in [3.63, 3.8) is 0 Å². The van der Waals surface area contributed by atoms with E-state index in [1.54, 1.807) is 0 Å². The molecule has 9 nitrogen and oxygen atoms in total. The summed E-state index contributed by atoms with van der Waals surface area (Å²) < 4.78 is 8.88. The molecule has 0 aliphatic carbocycles. The summed E-state index contributed by atoms with van der Waals surface area (Å²) >= 11 is 0. The van der Waals surface area contributed by atoms with Gasteiger partial charge in [-0.2, -0.15) is 0 Å². The first-order valence-electron chi connectivity index (χ1n) is 3.48. The smallest absolute Gasteiger partial charge is 0.550 e. The molecule has 0 saturated carbocycles. The Morgan fingerprint density at radius 1 is 1.24 bits per heavy atom. The molecule has 0 saturated heterocycles. The number of rotatable bonds is 4. The molecule has 0 radical (unpaired) electrons. The van der Waals surface area contributed by atoms with Crippen LogP contribution in [0, 0.1) is 0 Å². The fourth-order valence-corrected chi connectivity index (χ4v) is 0.391. The van der Waals surface area contributed by atoms with E-state index in [2.05, 4.69) is 0 Å². The van der Waals surface area contributed by atoms with Gasteiger partial charge >= 0.3 is 88.8 Å². The van der Waals surface area contributed by atoms with Crippen molar-refractivity contribution in [1.29, 1.82) is 0 Å². The van der Waals surface area contributed by atoms with Crippen molar-refractivity contribution in [2.24, 2.45) is 5.73 Å². The molecule has 0 aliphatic heterocycles. The topological polar surface area (TPSA) is 184 Å². The van der Waals surface area contributed by atoms with Crippen LogP contribution >= 0.6 is 7.82 Å². The van der Waals surface area contributed by atoms with Crippen molar-refractivity contribution in [2.45, 2.75) is 18.9 Å². The van der Waals surface area contributed by atoms with Gasteiger partial charge in [-0.15, -0.1) is 0 Å². The minimum atomic E-state index is -4.64. The van der Waals surface area contributed by atoms with Gasteiger partial charge in [-0.1, -0.05) is 0 Å². The summed E-state index contributed by atoms with van der Waals surface area (Å²) in [5.74, 6) is -2.75. The fourth-order valence-electron chi connectivity index (χ4n) is 0.391. The number of nitrogens with two attached hydrogens (primary N) is 1. The molecule has 0 bridgehead atoms. The van der Waals surface area contributed by atoms with Crippen LogP contribution in [-0.4, -0.2) is 32.7 Å². The van der Waals surface area contributed by atoms with Crippen LogP contribution in [0.1, 0.15) is 12.8 Å². The summed E-state index contributed by atoms with van der Waals surface area (Å²) in [6.45, 7) is 0. The second-order valence-electron chi connectivity index (χ2n) is 2.35. The van der Waals surface area contributed by atoms with Crippen LogP contribution in [-0.2, 0) is 14.2 Å². The van der Waals surface area contributed by atoms with Gasteiger partial charge in [0.1, 0.15) is 0 Å². The molecule has 0 rings (SSSR count). The second kappa shape index (κ2) is 14.1. The van der Waals surface area contributed by atoms with E-state index in [0.717, 1.165) is 0 Å². The first kappa shape index (κ1) is 27.1. The van der Waals surface area contributed by atoms with Crippen LogP contribution in [0.2, 0.25) is 0 Å². The number of aliphatic carboxylic acids is 2. The number of hydrogen-bond acceptors (Lipinski definition) is 6. The van der Waals surface area contributed by atoms with Crippen LogP contribution in [0.3, 0.4) is 0 Å². The molecular formula is C5H10KNNaO8P. The van der Waals surface area contributed by atoms with Crippen molar-refractivity contribution in [3.8, 4) is 0 Å². The van der Waals surface area contributed by atoms with Crippen LogP contribution < -0.4 is 96.9 Å². The number of phosphoric acid groups is 1. The first-order chi connectivity index (χ1) is 6.54. The quantitative estimate of drug-likeness (QED) is 0.289. The normalized spacial score (nSPS) is 10.8. The molecule has 5 N–H and O–H groups in total. The zero-order chi connectivity index (χ0) is 12.6. The molecular weight excluding hydrogens is 295 g/mol. The van der Waals surface area contributed by atoms with Crippen LogP contribution in [0.25, 0.3) is 0 Å². The Balaban J connectivity index is -0.000000105. The number of hydrogen-bond donors (Lipinski definition) is 4. The Hall–Kier alpha value is 1.65. The summed E-state index contributed by atoms with van der Waals surface area (Å²) in [5, 5.41) is 19.6. The predicted molar refractivity (Wildman–Crippen MR) is 41.5 cm³/mol.